The molecule has 0 bridgehead atoms. The summed E-state index contributed by atoms with van der Waals surface area (Å²) >= 11 is 5.59. The van der Waals surface area contributed by atoms with E-state index < -0.39 is 11.7 Å². The number of anilines is 2. The molecule has 0 aromatic heterocycles. The van der Waals surface area contributed by atoms with Gasteiger partial charge in [-0.25, -0.2) is 9.18 Å². The van der Waals surface area contributed by atoms with Gasteiger partial charge in [0.05, 0.1) is 23.4 Å². The number of carbonyl (C=O) groups is 1. The highest BCUT2D eigenvalue weighted by Crippen LogP contribution is 2.29. The molecule has 1 aliphatic heterocycles. The fourth-order valence-corrected chi connectivity index (χ4v) is 2.79. The lowest BCUT2D eigenvalue weighted by Gasteiger charge is -2.37. The number of aliphatic hydroxyl groups excluding tert-OH is 1. The molecular formula is C18H27ClFN3O3. The predicted octanol–water partition coefficient (Wildman–Crippen LogP) is 2.89. The van der Waals surface area contributed by atoms with Gasteiger partial charge in [0.2, 0.25) is 0 Å². The van der Waals surface area contributed by atoms with Crippen LogP contribution in [0.3, 0.4) is 0 Å². The third-order valence-electron chi connectivity index (χ3n) is 3.96. The number of hydrogen-bond donors (Lipinski definition) is 2. The van der Waals surface area contributed by atoms with Crippen molar-refractivity contribution in [2.45, 2.75) is 32.5 Å². The lowest BCUT2D eigenvalue weighted by Crippen LogP contribution is -2.50. The SMILES string of the molecule is CC(C)(C)OC(=O)N1CCN(c2cccc(F)c2NCC(O)CCl)CC1. The van der Waals surface area contributed by atoms with Crippen LogP contribution in [-0.4, -0.2) is 66.4 Å². The first-order valence-electron chi connectivity index (χ1n) is 8.70. The lowest BCUT2D eigenvalue weighted by atomic mass is 10.2. The Kier molecular flexibility index (Phi) is 6.94. The van der Waals surface area contributed by atoms with E-state index in [1.165, 1.54) is 6.07 Å². The molecule has 1 aliphatic rings. The van der Waals surface area contributed by atoms with Gasteiger partial charge < -0.3 is 25.0 Å². The average Bonchev–Trinajstić information content (AvgIpc) is 2.59. The molecule has 1 fully saturated rings. The van der Waals surface area contributed by atoms with E-state index in [1.54, 1.807) is 11.0 Å². The van der Waals surface area contributed by atoms with Gasteiger partial charge in [0, 0.05) is 32.7 Å². The number of alkyl halides is 1. The summed E-state index contributed by atoms with van der Waals surface area (Å²) in [6.07, 6.45) is -1.09. The largest absolute Gasteiger partial charge is 0.444 e. The molecule has 8 heteroatoms. The Morgan fingerprint density at radius 2 is 2.00 bits per heavy atom. The first-order valence-corrected chi connectivity index (χ1v) is 9.24. The van der Waals surface area contributed by atoms with E-state index in [4.69, 9.17) is 16.3 Å². The molecule has 2 N–H and O–H groups in total. The molecule has 2 rings (SSSR count). The van der Waals surface area contributed by atoms with Gasteiger partial charge in [-0.2, -0.15) is 0 Å². The molecule has 1 aromatic carbocycles. The molecule has 1 amide bonds. The van der Waals surface area contributed by atoms with Crippen LogP contribution in [-0.2, 0) is 4.74 Å². The van der Waals surface area contributed by atoms with Crippen molar-refractivity contribution in [1.82, 2.24) is 4.90 Å². The number of para-hydroxylation sites is 1. The van der Waals surface area contributed by atoms with Crippen LogP contribution in [0.15, 0.2) is 18.2 Å². The maximum Gasteiger partial charge on any atom is 0.410 e. The molecule has 0 radical (unpaired) electrons. The van der Waals surface area contributed by atoms with Gasteiger partial charge in [0.25, 0.3) is 0 Å². The summed E-state index contributed by atoms with van der Waals surface area (Å²) in [5, 5.41) is 12.5. The summed E-state index contributed by atoms with van der Waals surface area (Å²) in [5.41, 5.74) is 0.509. The van der Waals surface area contributed by atoms with Crippen molar-refractivity contribution in [3.8, 4) is 0 Å². The zero-order valence-corrected chi connectivity index (χ0v) is 16.2. The molecule has 0 spiro atoms. The summed E-state index contributed by atoms with van der Waals surface area (Å²) in [6.45, 7) is 7.79. The third kappa shape index (κ3) is 5.64. The standard InChI is InChI=1S/C18H27ClFN3O3/c1-18(2,3)26-17(25)23-9-7-22(8-10-23)15-6-4-5-14(20)16(15)21-12-13(24)11-19/h4-6,13,21,24H,7-12H2,1-3H3. The first-order chi connectivity index (χ1) is 12.2. The topological polar surface area (TPSA) is 65.0 Å². The molecular weight excluding hydrogens is 361 g/mol. The van der Waals surface area contributed by atoms with E-state index >= 15 is 0 Å². The van der Waals surface area contributed by atoms with E-state index in [1.807, 2.05) is 31.7 Å². The number of hydrogen-bond acceptors (Lipinski definition) is 5. The molecule has 1 atom stereocenters. The Hall–Kier alpha value is -1.73. The zero-order valence-electron chi connectivity index (χ0n) is 15.5. The van der Waals surface area contributed by atoms with Crippen LogP contribution in [0.2, 0.25) is 0 Å². The van der Waals surface area contributed by atoms with E-state index in [2.05, 4.69) is 5.32 Å². The maximum atomic E-state index is 14.3. The number of piperazine rings is 1. The smallest absolute Gasteiger partial charge is 0.410 e. The number of halogens is 2. The van der Waals surface area contributed by atoms with Gasteiger partial charge in [-0.15, -0.1) is 11.6 Å². The minimum Gasteiger partial charge on any atom is -0.444 e. The van der Waals surface area contributed by atoms with E-state index in [0.717, 1.165) is 0 Å². The molecule has 146 valence electrons. The summed E-state index contributed by atoms with van der Waals surface area (Å²) in [4.78, 5) is 15.8. The number of ether oxygens (including phenoxy) is 1. The van der Waals surface area contributed by atoms with E-state index in [0.29, 0.717) is 37.6 Å². The molecule has 1 heterocycles. The van der Waals surface area contributed by atoms with E-state index in [9.17, 15) is 14.3 Å². The highest BCUT2D eigenvalue weighted by Gasteiger charge is 2.27. The van der Waals surface area contributed by atoms with Crippen molar-refractivity contribution in [1.29, 1.82) is 0 Å². The third-order valence-corrected chi connectivity index (χ3v) is 4.31. The predicted molar refractivity (Wildman–Crippen MR) is 102 cm³/mol. The summed E-state index contributed by atoms with van der Waals surface area (Å²) in [6, 6.07) is 4.84. The molecule has 0 aliphatic carbocycles. The van der Waals surface area contributed by atoms with Crippen LogP contribution in [0.5, 0.6) is 0 Å². The van der Waals surface area contributed by atoms with Crippen molar-refractivity contribution in [2.24, 2.45) is 0 Å². The number of benzene rings is 1. The van der Waals surface area contributed by atoms with Crippen LogP contribution in [0.1, 0.15) is 20.8 Å². The lowest BCUT2D eigenvalue weighted by molar-refractivity contribution is 0.0240. The molecule has 26 heavy (non-hydrogen) atoms. The molecule has 6 nitrogen and oxygen atoms in total. The van der Waals surface area contributed by atoms with Crippen molar-refractivity contribution in [3.05, 3.63) is 24.0 Å². The second-order valence-corrected chi connectivity index (χ2v) is 7.59. The van der Waals surface area contributed by atoms with Crippen LogP contribution in [0.25, 0.3) is 0 Å². The summed E-state index contributed by atoms with van der Waals surface area (Å²) in [7, 11) is 0. The van der Waals surface area contributed by atoms with Crippen molar-refractivity contribution < 1.29 is 19.0 Å². The monoisotopic (exact) mass is 387 g/mol. The second kappa shape index (κ2) is 8.77. The highest BCUT2D eigenvalue weighted by molar-refractivity contribution is 6.18. The molecule has 1 saturated heterocycles. The first kappa shape index (κ1) is 20.6. The highest BCUT2D eigenvalue weighted by atomic mass is 35.5. The van der Waals surface area contributed by atoms with Crippen LogP contribution in [0, 0.1) is 5.82 Å². The quantitative estimate of drug-likeness (QED) is 0.760. The summed E-state index contributed by atoms with van der Waals surface area (Å²) < 4.78 is 19.7. The van der Waals surface area contributed by atoms with Crippen LogP contribution < -0.4 is 10.2 Å². The number of aliphatic hydroxyl groups is 1. The number of carbonyl (C=O) groups excluding carboxylic acids is 1. The number of nitrogens with zero attached hydrogens (tertiary/aromatic N) is 2. The van der Waals surface area contributed by atoms with Gasteiger partial charge in [-0.1, -0.05) is 6.07 Å². The average molecular weight is 388 g/mol. The molecule has 0 saturated carbocycles. The Morgan fingerprint density at radius 3 is 2.58 bits per heavy atom. The zero-order chi connectivity index (χ0) is 19.3. The van der Waals surface area contributed by atoms with Gasteiger partial charge in [0.1, 0.15) is 11.4 Å². The minimum atomic E-state index is -0.756. The molecule has 1 unspecified atom stereocenters. The van der Waals surface area contributed by atoms with E-state index in [-0.39, 0.29) is 24.3 Å². The van der Waals surface area contributed by atoms with Crippen LogP contribution >= 0.6 is 11.6 Å². The number of nitrogens with one attached hydrogen (secondary N) is 1. The normalized spacial score (nSPS) is 16.4. The van der Waals surface area contributed by atoms with Crippen LogP contribution in [0.4, 0.5) is 20.6 Å². The van der Waals surface area contributed by atoms with Gasteiger partial charge in [-0.3, -0.25) is 0 Å². The fraction of sp³-hybridized carbons (Fsp3) is 0.611. The van der Waals surface area contributed by atoms with Crippen molar-refractivity contribution in [2.75, 3.05) is 48.8 Å². The molecule has 1 aromatic rings. The number of rotatable bonds is 5. The minimum absolute atomic E-state index is 0.0748. The maximum absolute atomic E-state index is 14.3. The Balaban J connectivity index is 2.02. The number of amides is 1. The van der Waals surface area contributed by atoms with Gasteiger partial charge >= 0.3 is 6.09 Å². The van der Waals surface area contributed by atoms with Gasteiger partial charge in [-0.05, 0) is 32.9 Å². The fourth-order valence-electron chi connectivity index (χ4n) is 2.68. The van der Waals surface area contributed by atoms with Gasteiger partial charge in [0.15, 0.2) is 0 Å². The summed E-state index contributed by atoms with van der Waals surface area (Å²) in [5.74, 6) is -0.315. The second-order valence-electron chi connectivity index (χ2n) is 7.28. The Morgan fingerprint density at radius 1 is 1.35 bits per heavy atom. The van der Waals surface area contributed by atoms with Crippen molar-refractivity contribution >= 4 is 29.1 Å². The Labute approximate surface area is 158 Å². The van der Waals surface area contributed by atoms with Crippen molar-refractivity contribution in [3.63, 3.8) is 0 Å². The Bertz CT molecular complexity index is 616.